The summed E-state index contributed by atoms with van der Waals surface area (Å²) in [5.74, 6) is 0.791. The number of aromatic nitrogens is 2. The van der Waals surface area contributed by atoms with E-state index in [2.05, 4.69) is 21.0 Å². The predicted molar refractivity (Wildman–Crippen MR) is 84.7 cm³/mol. The Morgan fingerprint density at radius 3 is 3.09 bits per heavy atom. The zero-order valence-electron chi connectivity index (χ0n) is 11.9. The second-order valence-corrected chi connectivity index (χ2v) is 6.09. The van der Waals surface area contributed by atoms with E-state index in [1.807, 2.05) is 36.5 Å². The largest absolute Gasteiger partial charge is 0.467 e. The van der Waals surface area contributed by atoms with Gasteiger partial charge in [-0.3, -0.25) is 9.80 Å². The molecule has 1 amide bonds. The van der Waals surface area contributed by atoms with Gasteiger partial charge in [0.25, 0.3) is 5.91 Å². The maximum atomic E-state index is 12.8. The molecule has 0 saturated carbocycles. The molecule has 0 bridgehead atoms. The van der Waals surface area contributed by atoms with E-state index in [1.165, 1.54) is 0 Å². The van der Waals surface area contributed by atoms with Crippen LogP contribution in [0.25, 0.3) is 5.52 Å². The zero-order chi connectivity index (χ0) is 15.3. The van der Waals surface area contributed by atoms with Crippen LogP contribution in [0, 0.1) is 0 Å². The molecule has 0 saturated heterocycles. The van der Waals surface area contributed by atoms with Crippen LogP contribution in [-0.4, -0.2) is 34.1 Å². The highest BCUT2D eigenvalue weighted by Gasteiger charge is 2.29. The van der Waals surface area contributed by atoms with E-state index in [0.717, 1.165) is 21.4 Å². The number of furan rings is 1. The molecule has 1 aliphatic rings. The summed E-state index contributed by atoms with van der Waals surface area (Å²) in [4.78, 5) is 12.8. The minimum absolute atomic E-state index is 0.117. The van der Waals surface area contributed by atoms with Crippen LogP contribution >= 0.6 is 15.9 Å². The van der Waals surface area contributed by atoms with E-state index < -0.39 is 0 Å². The van der Waals surface area contributed by atoms with Crippen molar-refractivity contribution < 1.29 is 9.21 Å². The molecule has 22 heavy (non-hydrogen) atoms. The predicted octanol–water partition coefficient (Wildman–Crippen LogP) is 2.74. The molecule has 1 aliphatic heterocycles. The second kappa shape index (κ2) is 4.88. The summed E-state index contributed by atoms with van der Waals surface area (Å²) >= 11 is 3.40. The molecule has 0 aliphatic carbocycles. The van der Waals surface area contributed by atoms with Crippen LogP contribution in [0.3, 0.4) is 0 Å². The van der Waals surface area contributed by atoms with Crippen LogP contribution in [0.1, 0.15) is 16.2 Å². The number of hydrazine groups is 1. The lowest BCUT2D eigenvalue weighted by Crippen LogP contribution is -2.48. The van der Waals surface area contributed by atoms with Gasteiger partial charge in [-0.2, -0.15) is 5.10 Å². The number of nitrogens with zero attached hydrogens (tertiary/aromatic N) is 4. The number of halogens is 1. The van der Waals surface area contributed by atoms with Crippen LogP contribution in [0.5, 0.6) is 0 Å². The average molecular weight is 361 g/mol. The molecule has 6 nitrogen and oxygen atoms in total. The first kappa shape index (κ1) is 13.4. The van der Waals surface area contributed by atoms with Crippen molar-refractivity contribution in [2.75, 3.05) is 18.6 Å². The monoisotopic (exact) mass is 360 g/mol. The van der Waals surface area contributed by atoms with Crippen molar-refractivity contribution in [1.29, 1.82) is 0 Å². The summed E-state index contributed by atoms with van der Waals surface area (Å²) in [5, 5.41) is 7.89. The Balaban J connectivity index is 1.68. The molecule has 0 unspecified atom stereocenters. The number of amides is 1. The highest BCUT2D eigenvalue weighted by molar-refractivity contribution is 9.10. The van der Waals surface area contributed by atoms with E-state index in [1.54, 1.807) is 21.9 Å². The SMILES string of the molecule is CN1c2ccoc2CCN1C(=O)c1cc2ccc(Br)cn2n1. The molecule has 4 heterocycles. The molecule has 3 aromatic rings. The lowest BCUT2D eigenvalue weighted by Gasteiger charge is -2.35. The van der Waals surface area contributed by atoms with Crippen molar-refractivity contribution in [3.8, 4) is 0 Å². The minimum Gasteiger partial charge on any atom is -0.467 e. The second-order valence-electron chi connectivity index (χ2n) is 5.18. The first-order valence-electron chi connectivity index (χ1n) is 6.90. The number of carbonyl (C=O) groups is 1. The van der Waals surface area contributed by atoms with Crippen LogP contribution in [0.4, 0.5) is 5.69 Å². The Morgan fingerprint density at radius 2 is 2.23 bits per heavy atom. The first-order valence-corrected chi connectivity index (χ1v) is 7.69. The Kier molecular flexibility index (Phi) is 2.97. The molecular formula is C15H13BrN4O2. The molecule has 112 valence electrons. The van der Waals surface area contributed by atoms with Gasteiger partial charge in [-0.15, -0.1) is 0 Å². The third kappa shape index (κ3) is 2.00. The smallest absolute Gasteiger partial charge is 0.292 e. The quantitative estimate of drug-likeness (QED) is 0.669. The van der Waals surface area contributed by atoms with Gasteiger partial charge in [-0.1, -0.05) is 0 Å². The Hall–Kier alpha value is -2.28. The van der Waals surface area contributed by atoms with E-state index in [0.29, 0.717) is 18.7 Å². The summed E-state index contributed by atoms with van der Waals surface area (Å²) in [7, 11) is 1.86. The van der Waals surface area contributed by atoms with Gasteiger partial charge < -0.3 is 4.42 Å². The number of rotatable bonds is 1. The summed E-state index contributed by atoms with van der Waals surface area (Å²) in [6, 6.07) is 7.51. The molecule has 0 aromatic carbocycles. The lowest BCUT2D eigenvalue weighted by atomic mass is 10.2. The summed E-state index contributed by atoms with van der Waals surface area (Å²) in [6.45, 7) is 0.577. The molecular weight excluding hydrogens is 348 g/mol. The van der Waals surface area contributed by atoms with E-state index in [9.17, 15) is 4.79 Å². The first-order chi connectivity index (χ1) is 10.6. The van der Waals surface area contributed by atoms with Gasteiger partial charge in [0.05, 0.1) is 24.0 Å². The molecule has 0 spiro atoms. The Bertz CT molecular complexity index is 869. The van der Waals surface area contributed by atoms with Crippen LogP contribution in [0.2, 0.25) is 0 Å². The normalized spacial score (nSPS) is 14.5. The Labute approximate surface area is 135 Å². The van der Waals surface area contributed by atoms with E-state index in [-0.39, 0.29) is 5.91 Å². The summed E-state index contributed by atoms with van der Waals surface area (Å²) in [5.41, 5.74) is 2.23. The van der Waals surface area contributed by atoms with Gasteiger partial charge in [0.1, 0.15) is 5.76 Å². The third-order valence-electron chi connectivity index (χ3n) is 3.86. The van der Waals surface area contributed by atoms with Crippen molar-refractivity contribution in [2.45, 2.75) is 6.42 Å². The van der Waals surface area contributed by atoms with Crippen LogP contribution in [0.15, 0.2) is 45.6 Å². The number of pyridine rings is 1. The summed E-state index contributed by atoms with van der Waals surface area (Å²) in [6.07, 6.45) is 4.19. The topological polar surface area (TPSA) is 54.0 Å². The van der Waals surface area contributed by atoms with Gasteiger partial charge in [0.2, 0.25) is 0 Å². The zero-order valence-corrected chi connectivity index (χ0v) is 13.4. The number of fused-ring (bicyclic) bond motifs is 2. The van der Waals surface area contributed by atoms with Crippen molar-refractivity contribution in [3.63, 3.8) is 0 Å². The molecule has 0 radical (unpaired) electrons. The fourth-order valence-corrected chi connectivity index (χ4v) is 3.06. The van der Waals surface area contributed by atoms with Crippen molar-refractivity contribution in [3.05, 3.63) is 52.7 Å². The number of carbonyl (C=O) groups excluding carboxylic acids is 1. The third-order valence-corrected chi connectivity index (χ3v) is 4.33. The molecule has 0 N–H and O–H groups in total. The summed E-state index contributed by atoms with van der Waals surface area (Å²) < 4.78 is 8.03. The highest BCUT2D eigenvalue weighted by atomic mass is 79.9. The molecule has 3 aromatic heterocycles. The Morgan fingerprint density at radius 1 is 1.36 bits per heavy atom. The minimum atomic E-state index is -0.117. The van der Waals surface area contributed by atoms with Crippen LogP contribution in [-0.2, 0) is 6.42 Å². The highest BCUT2D eigenvalue weighted by Crippen LogP contribution is 2.28. The van der Waals surface area contributed by atoms with E-state index in [4.69, 9.17) is 4.42 Å². The van der Waals surface area contributed by atoms with E-state index >= 15 is 0 Å². The molecule has 0 atom stereocenters. The molecule has 0 fully saturated rings. The van der Waals surface area contributed by atoms with Gasteiger partial charge >= 0.3 is 0 Å². The van der Waals surface area contributed by atoms with Crippen molar-refractivity contribution in [1.82, 2.24) is 14.6 Å². The van der Waals surface area contributed by atoms with Gasteiger partial charge in [-0.05, 0) is 34.1 Å². The number of hydrogen-bond acceptors (Lipinski definition) is 4. The standard InChI is InChI=1S/C15H13BrN4O2/c1-18-13-5-7-22-14(13)4-6-20(18)15(21)12-8-11-3-2-10(16)9-19(11)17-12/h2-3,5,7-9H,4,6H2,1H3. The maximum Gasteiger partial charge on any atom is 0.292 e. The fraction of sp³-hybridized carbons (Fsp3) is 0.200. The van der Waals surface area contributed by atoms with Gasteiger partial charge in [0.15, 0.2) is 5.69 Å². The van der Waals surface area contributed by atoms with Crippen LogP contribution < -0.4 is 5.01 Å². The fourth-order valence-electron chi connectivity index (χ4n) is 2.73. The van der Waals surface area contributed by atoms with Gasteiger partial charge in [0, 0.05) is 30.2 Å². The maximum absolute atomic E-state index is 12.8. The van der Waals surface area contributed by atoms with Crippen molar-refractivity contribution >= 4 is 33.0 Å². The average Bonchev–Trinajstić information content (AvgIpc) is 3.12. The number of anilines is 1. The molecule has 4 rings (SSSR count). The number of hydrogen-bond donors (Lipinski definition) is 0. The lowest BCUT2D eigenvalue weighted by molar-refractivity contribution is 0.0728. The van der Waals surface area contributed by atoms with Gasteiger partial charge in [-0.25, -0.2) is 9.52 Å². The van der Waals surface area contributed by atoms with Crippen molar-refractivity contribution in [2.24, 2.45) is 0 Å². The molecule has 7 heteroatoms.